The number of rotatable bonds is 5. The van der Waals surface area contributed by atoms with E-state index in [4.69, 9.17) is 12.2 Å². The van der Waals surface area contributed by atoms with Crippen LogP contribution >= 0.6 is 28.1 Å². The molecule has 0 bridgehead atoms. The number of nitrogens with one attached hydrogen (secondary N) is 1. The Morgan fingerprint density at radius 2 is 1.64 bits per heavy atom. The molecule has 4 aromatic rings. The molecule has 3 heterocycles. The van der Waals surface area contributed by atoms with Crippen molar-refractivity contribution < 1.29 is 0 Å². The van der Waals surface area contributed by atoms with Gasteiger partial charge < -0.3 is 19.7 Å². The summed E-state index contributed by atoms with van der Waals surface area (Å²) in [7, 11) is 4.10. The topological polar surface area (TPSA) is 36.3 Å². The van der Waals surface area contributed by atoms with Crippen molar-refractivity contribution >= 4 is 44.6 Å². The molecular formula is C26H24BrN5S. The lowest BCUT2D eigenvalue weighted by molar-refractivity contribution is 0.549. The molecule has 2 atom stereocenters. The second kappa shape index (κ2) is 9.00. The van der Waals surface area contributed by atoms with E-state index in [1.807, 2.05) is 30.5 Å². The fourth-order valence-electron chi connectivity index (χ4n) is 4.32. The van der Waals surface area contributed by atoms with E-state index >= 15 is 0 Å². The third-order valence-electron chi connectivity index (χ3n) is 5.93. The molecule has 1 aliphatic rings. The van der Waals surface area contributed by atoms with Gasteiger partial charge in [0.25, 0.3) is 0 Å². The van der Waals surface area contributed by atoms with Gasteiger partial charge in [0.1, 0.15) is 6.04 Å². The predicted molar refractivity (Wildman–Crippen MR) is 142 cm³/mol. The molecule has 1 saturated heterocycles. The van der Waals surface area contributed by atoms with Crippen LogP contribution in [0.3, 0.4) is 0 Å². The summed E-state index contributed by atoms with van der Waals surface area (Å²) in [5.74, 6) is 0. The van der Waals surface area contributed by atoms with Crippen molar-refractivity contribution in [3.05, 3.63) is 107 Å². The monoisotopic (exact) mass is 517 g/mol. The molecule has 2 aromatic heterocycles. The molecule has 0 radical (unpaired) electrons. The van der Waals surface area contributed by atoms with Crippen molar-refractivity contribution in [2.24, 2.45) is 0 Å². The van der Waals surface area contributed by atoms with E-state index in [1.54, 1.807) is 0 Å². The summed E-state index contributed by atoms with van der Waals surface area (Å²) < 4.78 is 3.27. The third kappa shape index (κ3) is 4.14. The molecule has 0 unspecified atom stereocenters. The van der Waals surface area contributed by atoms with Crippen LogP contribution in [0.5, 0.6) is 0 Å². The predicted octanol–water partition coefficient (Wildman–Crippen LogP) is 5.88. The Morgan fingerprint density at radius 3 is 2.30 bits per heavy atom. The Labute approximate surface area is 207 Å². The number of nitrogens with zero attached hydrogens (tertiary/aromatic N) is 4. The number of hydrogen-bond acceptors (Lipinski definition) is 3. The molecule has 0 saturated carbocycles. The van der Waals surface area contributed by atoms with E-state index in [2.05, 4.69) is 115 Å². The van der Waals surface area contributed by atoms with Crippen LogP contribution in [0.4, 0.5) is 11.4 Å². The number of halogens is 1. The lowest BCUT2D eigenvalue weighted by Gasteiger charge is -2.29. The van der Waals surface area contributed by atoms with Gasteiger partial charge in [-0.2, -0.15) is 0 Å². The van der Waals surface area contributed by atoms with E-state index < -0.39 is 0 Å². The third-order valence-corrected chi connectivity index (χ3v) is 6.77. The van der Waals surface area contributed by atoms with Crippen molar-refractivity contribution in [1.29, 1.82) is 0 Å². The molecular weight excluding hydrogens is 494 g/mol. The Hall–Kier alpha value is -3.16. The number of thiocarbonyl (C=S) groups is 1. The molecule has 0 aliphatic carbocycles. The second-order valence-corrected chi connectivity index (χ2v) is 9.49. The van der Waals surface area contributed by atoms with Crippen LogP contribution in [-0.2, 0) is 0 Å². The Bertz CT molecular complexity index is 1250. The first kappa shape index (κ1) is 21.7. The Kier molecular flexibility index (Phi) is 5.91. The van der Waals surface area contributed by atoms with Gasteiger partial charge >= 0.3 is 0 Å². The Morgan fingerprint density at radius 1 is 0.909 bits per heavy atom. The standard InChI is InChI=1S/C26H24BrN5S/c1-30(2)19-12-14-20(15-13-19)31-17-5-7-23(31)25-24(22-6-3-4-16-28-22)29-26(33)32(25)21-10-8-18(27)9-11-21/h3-17,24-25H,1-2H3,(H,29,33)/t24-,25+/m1/s1. The molecule has 0 amide bonds. The lowest BCUT2D eigenvalue weighted by Crippen LogP contribution is -2.30. The van der Waals surface area contributed by atoms with Crippen LogP contribution in [0, 0.1) is 0 Å². The highest BCUT2D eigenvalue weighted by molar-refractivity contribution is 9.10. The van der Waals surface area contributed by atoms with Gasteiger partial charge in [-0.25, -0.2) is 0 Å². The number of pyridine rings is 1. The van der Waals surface area contributed by atoms with Crippen molar-refractivity contribution in [3.63, 3.8) is 0 Å². The van der Waals surface area contributed by atoms with Gasteiger partial charge in [0.2, 0.25) is 0 Å². The normalized spacial score (nSPS) is 17.8. The van der Waals surface area contributed by atoms with E-state index in [9.17, 15) is 0 Å². The molecule has 1 fully saturated rings. The maximum absolute atomic E-state index is 5.85. The largest absolute Gasteiger partial charge is 0.378 e. The summed E-state index contributed by atoms with van der Waals surface area (Å²) in [5.41, 5.74) is 5.40. The van der Waals surface area contributed by atoms with Crippen LogP contribution in [0.25, 0.3) is 5.69 Å². The van der Waals surface area contributed by atoms with Gasteiger partial charge in [-0.15, -0.1) is 0 Å². The molecule has 1 aliphatic heterocycles. The van der Waals surface area contributed by atoms with Gasteiger partial charge in [-0.1, -0.05) is 22.0 Å². The molecule has 7 heteroatoms. The van der Waals surface area contributed by atoms with Crippen molar-refractivity contribution in [2.75, 3.05) is 23.9 Å². The van der Waals surface area contributed by atoms with Gasteiger partial charge in [-0.3, -0.25) is 4.98 Å². The minimum Gasteiger partial charge on any atom is -0.378 e. The molecule has 2 aromatic carbocycles. The maximum atomic E-state index is 5.85. The van der Waals surface area contributed by atoms with Gasteiger partial charge in [0, 0.05) is 53.7 Å². The van der Waals surface area contributed by atoms with E-state index in [0.717, 1.165) is 27.2 Å². The van der Waals surface area contributed by atoms with E-state index in [0.29, 0.717) is 5.11 Å². The molecule has 5 rings (SSSR count). The summed E-state index contributed by atoms with van der Waals surface area (Å²) in [6.45, 7) is 0. The fraction of sp³-hybridized carbons (Fsp3) is 0.154. The van der Waals surface area contributed by atoms with Crippen LogP contribution < -0.4 is 15.1 Å². The van der Waals surface area contributed by atoms with Crippen molar-refractivity contribution in [3.8, 4) is 5.69 Å². The maximum Gasteiger partial charge on any atom is 0.174 e. The highest BCUT2D eigenvalue weighted by Gasteiger charge is 2.42. The molecule has 33 heavy (non-hydrogen) atoms. The van der Waals surface area contributed by atoms with Crippen LogP contribution in [-0.4, -0.2) is 28.8 Å². The lowest BCUT2D eigenvalue weighted by atomic mass is 10.0. The van der Waals surface area contributed by atoms with Crippen LogP contribution in [0.2, 0.25) is 0 Å². The summed E-state index contributed by atoms with van der Waals surface area (Å²) in [4.78, 5) is 8.96. The number of aromatic nitrogens is 2. The highest BCUT2D eigenvalue weighted by atomic mass is 79.9. The molecule has 5 nitrogen and oxygen atoms in total. The summed E-state index contributed by atoms with van der Waals surface area (Å²) in [5, 5.41) is 4.23. The van der Waals surface area contributed by atoms with Crippen LogP contribution in [0.15, 0.2) is 95.7 Å². The zero-order valence-electron chi connectivity index (χ0n) is 18.4. The number of benzene rings is 2. The zero-order valence-corrected chi connectivity index (χ0v) is 20.8. The first-order valence-electron chi connectivity index (χ1n) is 10.7. The zero-order chi connectivity index (χ0) is 22.9. The van der Waals surface area contributed by atoms with Gasteiger partial charge in [0.05, 0.1) is 11.7 Å². The van der Waals surface area contributed by atoms with E-state index in [1.165, 1.54) is 5.69 Å². The fourth-order valence-corrected chi connectivity index (χ4v) is 4.93. The molecule has 166 valence electrons. The smallest absolute Gasteiger partial charge is 0.174 e. The SMILES string of the molecule is CN(C)c1ccc(-n2cccc2[C@H]2[C@@H](c3ccccn3)NC(=S)N2c2ccc(Br)cc2)cc1. The van der Waals surface area contributed by atoms with Gasteiger partial charge in [0.15, 0.2) is 5.11 Å². The quantitative estimate of drug-likeness (QED) is 0.334. The van der Waals surface area contributed by atoms with E-state index in [-0.39, 0.29) is 12.1 Å². The first-order valence-corrected chi connectivity index (χ1v) is 11.9. The Balaban J connectivity index is 1.63. The average molecular weight is 518 g/mol. The first-order chi connectivity index (χ1) is 16.0. The molecule has 1 N–H and O–H groups in total. The highest BCUT2D eigenvalue weighted by Crippen LogP contribution is 2.42. The number of anilines is 2. The van der Waals surface area contributed by atoms with Crippen molar-refractivity contribution in [1.82, 2.24) is 14.9 Å². The summed E-state index contributed by atoms with van der Waals surface area (Å²) >= 11 is 9.39. The summed E-state index contributed by atoms with van der Waals surface area (Å²) in [6.07, 6.45) is 3.94. The van der Waals surface area contributed by atoms with Crippen molar-refractivity contribution in [2.45, 2.75) is 12.1 Å². The number of hydrogen-bond donors (Lipinski definition) is 1. The minimum absolute atomic E-state index is 0.0721. The minimum atomic E-state index is -0.0861. The summed E-state index contributed by atoms with van der Waals surface area (Å²) in [6, 6.07) is 27.0. The average Bonchev–Trinajstić information content (AvgIpc) is 3.44. The second-order valence-electron chi connectivity index (χ2n) is 8.19. The van der Waals surface area contributed by atoms with Gasteiger partial charge in [-0.05, 0) is 85.0 Å². The van der Waals surface area contributed by atoms with Crippen LogP contribution in [0.1, 0.15) is 23.5 Å². The molecule has 0 spiro atoms.